The molecule has 0 atom stereocenters. The van der Waals surface area contributed by atoms with Gasteiger partial charge in [-0.15, -0.1) is 0 Å². The molecule has 130 valence electrons. The third-order valence-corrected chi connectivity index (χ3v) is 5.05. The van der Waals surface area contributed by atoms with Gasteiger partial charge < -0.3 is 10.8 Å². The molecule has 0 saturated carbocycles. The highest BCUT2D eigenvalue weighted by Gasteiger charge is 2.13. The summed E-state index contributed by atoms with van der Waals surface area (Å²) in [5.41, 5.74) is 12.8. The van der Waals surface area contributed by atoms with Crippen LogP contribution in [0.25, 0.3) is 0 Å². The van der Waals surface area contributed by atoms with Crippen molar-refractivity contribution in [3.63, 3.8) is 0 Å². The van der Waals surface area contributed by atoms with E-state index < -0.39 is 0 Å². The quantitative estimate of drug-likeness (QED) is 0.528. The summed E-state index contributed by atoms with van der Waals surface area (Å²) in [6.07, 6.45) is 5.27. The van der Waals surface area contributed by atoms with Gasteiger partial charge in [-0.05, 0) is 60.1 Å². The monoisotopic (exact) mass is 342 g/mol. The largest absolute Gasteiger partial charge is 0.507 e. The summed E-state index contributed by atoms with van der Waals surface area (Å²) in [4.78, 5) is 4.54. The lowest BCUT2D eigenvalue weighted by molar-refractivity contribution is 0.466. The Morgan fingerprint density at radius 3 is 2.08 bits per heavy atom. The second-order valence-electron chi connectivity index (χ2n) is 6.78. The highest BCUT2D eigenvalue weighted by molar-refractivity contribution is 5.89. The average molecular weight is 342 g/mol. The smallest absolute Gasteiger partial charge is 0.127 e. The zero-order valence-corrected chi connectivity index (χ0v) is 14.7. The molecule has 3 aromatic rings. The van der Waals surface area contributed by atoms with Crippen molar-refractivity contribution in [2.24, 2.45) is 4.99 Å². The van der Waals surface area contributed by atoms with Crippen molar-refractivity contribution < 1.29 is 5.11 Å². The van der Waals surface area contributed by atoms with Crippen molar-refractivity contribution in [2.75, 3.05) is 5.73 Å². The van der Waals surface area contributed by atoms with E-state index in [-0.39, 0.29) is 0 Å². The number of hydrogen-bond acceptors (Lipinski definition) is 3. The number of nitrogens with zero attached hydrogens (tertiary/aromatic N) is 1. The maximum absolute atomic E-state index is 10.9. The fourth-order valence-electron chi connectivity index (χ4n) is 3.43. The Kier molecular flexibility index (Phi) is 4.44. The minimum Gasteiger partial charge on any atom is -0.507 e. The molecule has 4 aliphatic rings. The molecule has 0 fully saturated rings. The molecule has 0 amide bonds. The van der Waals surface area contributed by atoms with Crippen molar-refractivity contribution in [3.8, 4) is 5.75 Å². The summed E-state index contributed by atoms with van der Waals surface area (Å²) in [5, 5.41) is 10.9. The normalized spacial score (nSPS) is 13.7. The number of aromatic hydroxyl groups is 1. The van der Waals surface area contributed by atoms with Crippen molar-refractivity contribution in [1.29, 1.82) is 0 Å². The third kappa shape index (κ3) is 3.33. The van der Waals surface area contributed by atoms with Gasteiger partial charge in [-0.2, -0.15) is 0 Å². The first kappa shape index (κ1) is 16.4. The lowest BCUT2D eigenvalue weighted by Crippen LogP contribution is -2.03. The first-order valence-electron chi connectivity index (χ1n) is 9.01. The van der Waals surface area contributed by atoms with Crippen LogP contribution >= 0.6 is 0 Å². The van der Waals surface area contributed by atoms with Crippen molar-refractivity contribution in [3.05, 3.63) is 88.5 Å². The molecular formula is C23H22N2O. The molecule has 4 aliphatic carbocycles. The lowest BCUT2D eigenvalue weighted by atomic mass is 9.92. The molecule has 3 N–H and O–H groups in total. The van der Waals surface area contributed by atoms with Crippen LogP contribution in [0.1, 0.15) is 27.8 Å². The van der Waals surface area contributed by atoms with E-state index in [1.54, 1.807) is 6.21 Å². The number of nitrogens with two attached hydrogens (primary N) is 1. The molecule has 3 nitrogen and oxygen atoms in total. The molecule has 0 aromatic heterocycles. The van der Waals surface area contributed by atoms with Crippen LogP contribution in [0.5, 0.6) is 5.75 Å². The van der Waals surface area contributed by atoms with Crippen molar-refractivity contribution in [1.82, 2.24) is 0 Å². The molecule has 0 unspecified atom stereocenters. The predicted octanol–water partition coefficient (Wildman–Crippen LogP) is 4.61. The summed E-state index contributed by atoms with van der Waals surface area (Å²) in [5.74, 6) is 0.343. The Morgan fingerprint density at radius 1 is 0.769 bits per heavy atom. The second kappa shape index (κ2) is 7.04. The summed E-state index contributed by atoms with van der Waals surface area (Å²) < 4.78 is 0. The molecule has 0 saturated heterocycles. The average Bonchev–Trinajstić information content (AvgIpc) is 2.65. The van der Waals surface area contributed by atoms with Gasteiger partial charge in [-0.3, -0.25) is 4.99 Å². The Balaban J connectivity index is 1.74. The van der Waals surface area contributed by atoms with Crippen LogP contribution in [0, 0.1) is 0 Å². The van der Waals surface area contributed by atoms with E-state index in [0.29, 0.717) is 11.4 Å². The van der Waals surface area contributed by atoms with Crippen LogP contribution < -0.4 is 5.73 Å². The van der Waals surface area contributed by atoms with Crippen LogP contribution in [0.4, 0.5) is 11.4 Å². The molecule has 0 spiro atoms. The van der Waals surface area contributed by atoms with Gasteiger partial charge in [-0.1, -0.05) is 48.5 Å². The summed E-state index contributed by atoms with van der Waals surface area (Å²) in [7, 11) is 0. The van der Waals surface area contributed by atoms with Crippen LogP contribution in [0.2, 0.25) is 0 Å². The van der Waals surface area contributed by atoms with Gasteiger partial charge >= 0.3 is 0 Å². The first-order chi connectivity index (χ1) is 12.7. The van der Waals surface area contributed by atoms with Gasteiger partial charge in [0.25, 0.3) is 0 Å². The summed E-state index contributed by atoms with van der Waals surface area (Å²) in [6, 6.07) is 20.5. The zero-order valence-electron chi connectivity index (χ0n) is 14.7. The molecule has 0 aliphatic heterocycles. The minimum absolute atomic E-state index is 0.343. The van der Waals surface area contributed by atoms with E-state index in [4.69, 9.17) is 5.73 Å². The van der Waals surface area contributed by atoms with Crippen LogP contribution in [-0.4, -0.2) is 11.3 Å². The number of benzene rings is 3. The van der Waals surface area contributed by atoms with E-state index in [1.165, 1.54) is 11.1 Å². The number of para-hydroxylation sites is 2. The topological polar surface area (TPSA) is 58.6 Å². The molecule has 26 heavy (non-hydrogen) atoms. The van der Waals surface area contributed by atoms with E-state index in [2.05, 4.69) is 35.3 Å². The highest BCUT2D eigenvalue weighted by Crippen LogP contribution is 2.29. The summed E-state index contributed by atoms with van der Waals surface area (Å²) >= 11 is 0. The number of anilines is 1. The number of nitrogen functional groups attached to an aromatic ring is 1. The zero-order chi connectivity index (χ0) is 17.9. The van der Waals surface area contributed by atoms with Gasteiger partial charge in [0.05, 0.1) is 11.4 Å². The standard InChI is InChI=1S/C23H22N2O/c24-21-3-1-2-4-22(21)25-15-20-18-11-9-16-5-7-17(8-6-16)10-12-19(14-13-18)23(20)26/h1-8,13-15,26H,9-12,24H2. The fraction of sp³-hybridized carbons (Fsp3) is 0.174. The van der Waals surface area contributed by atoms with Crippen molar-refractivity contribution >= 4 is 17.6 Å². The molecule has 0 radical (unpaired) electrons. The third-order valence-electron chi connectivity index (χ3n) is 5.05. The number of aryl methyl sites for hydroxylation is 4. The number of phenolic OH excluding ortho intramolecular Hbond substituents is 1. The van der Waals surface area contributed by atoms with E-state index in [1.807, 2.05) is 30.3 Å². The van der Waals surface area contributed by atoms with Gasteiger partial charge in [0.15, 0.2) is 0 Å². The van der Waals surface area contributed by atoms with Crippen LogP contribution in [0.15, 0.2) is 65.7 Å². The van der Waals surface area contributed by atoms with Gasteiger partial charge in [0.2, 0.25) is 0 Å². The van der Waals surface area contributed by atoms with Gasteiger partial charge in [0.1, 0.15) is 5.75 Å². The number of hydrogen-bond donors (Lipinski definition) is 2. The highest BCUT2D eigenvalue weighted by atomic mass is 16.3. The van der Waals surface area contributed by atoms with E-state index in [0.717, 1.165) is 48.1 Å². The Hall–Kier alpha value is -3.07. The molecule has 3 aromatic carbocycles. The van der Waals surface area contributed by atoms with Crippen LogP contribution in [-0.2, 0) is 25.7 Å². The van der Waals surface area contributed by atoms with E-state index in [9.17, 15) is 5.11 Å². The number of rotatable bonds is 2. The lowest BCUT2D eigenvalue weighted by Gasteiger charge is -2.14. The molecule has 3 heteroatoms. The Morgan fingerprint density at radius 2 is 1.38 bits per heavy atom. The Labute approximate surface area is 153 Å². The van der Waals surface area contributed by atoms with E-state index >= 15 is 0 Å². The molecule has 7 rings (SSSR count). The minimum atomic E-state index is 0.343. The maximum Gasteiger partial charge on any atom is 0.127 e. The van der Waals surface area contributed by atoms with Crippen molar-refractivity contribution in [2.45, 2.75) is 25.7 Å². The molecule has 0 heterocycles. The number of aliphatic imine (C=N–C) groups is 1. The number of phenols is 1. The first-order valence-corrected chi connectivity index (χ1v) is 9.01. The molecular weight excluding hydrogens is 320 g/mol. The van der Waals surface area contributed by atoms with Gasteiger partial charge in [-0.25, -0.2) is 0 Å². The second-order valence-corrected chi connectivity index (χ2v) is 6.78. The predicted molar refractivity (Wildman–Crippen MR) is 107 cm³/mol. The fourth-order valence-corrected chi connectivity index (χ4v) is 3.43. The van der Waals surface area contributed by atoms with Crippen LogP contribution in [0.3, 0.4) is 0 Å². The maximum atomic E-state index is 10.9. The summed E-state index contributed by atoms with van der Waals surface area (Å²) in [6.45, 7) is 0. The SMILES string of the molecule is Nc1ccccc1N=Cc1c2ccc(c1O)CCc1ccc(cc1)CC2. The van der Waals surface area contributed by atoms with Gasteiger partial charge in [0, 0.05) is 11.8 Å². The Bertz CT molecular complexity index is 958. The molecule has 4 bridgehead atoms.